The van der Waals surface area contributed by atoms with Crippen LogP contribution in [-0.4, -0.2) is 11.6 Å². The number of hydrogen-bond acceptors (Lipinski definition) is 2. The van der Waals surface area contributed by atoms with E-state index in [1.165, 1.54) is 6.07 Å². The standard InChI is InChI=1S/C16H8F2O2/c17-9-5-6-14(18)13(7-9)12-8-15(19)16(20)11-4-2-1-3-10(11)12/h1-8H. The molecule has 2 aromatic carbocycles. The number of halogens is 2. The Kier molecular flexibility index (Phi) is 2.79. The Morgan fingerprint density at radius 3 is 2.25 bits per heavy atom. The van der Waals surface area contributed by atoms with Crippen LogP contribution in [0.4, 0.5) is 8.78 Å². The molecule has 2 aromatic rings. The van der Waals surface area contributed by atoms with Crippen LogP contribution >= 0.6 is 0 Å². The molecule has 0 bridgehead atoms. The highest BCUT2D eigenvalue weighted by atomic mass is 19.1. The number of fused-ring (bicyclic) bond motifs is 1. The molecule has 0 radical (unpaired) electrons. The van der Waals surface area contributed by atoms with Crippen LogP contribution in [0.1, 0.15) is 21.5 Å². The molecule has 0 unspecified atom stereocenters. The Morgan fingerprint density at radius 2 is 1.50 bits per heavy atom. The van der Waals surface area contributed by atoms with Gasteiger partial charge in [0, 0.05) is 11.1 Å². The second-order valence-electron chi connectivity index (χ2n) is 4.42. The Bertz CT molecular complexity index is 776. The summed E-state index contributed by atoms with van der Waals surface area (Å²) in [6, 6.07) is 9.41. The van der Waals surface area contributed by atoms with Gasteiger partial charge in [0.25, 0.3) is 0 Å². The predicted octanol–water partition coefficient (Wildman–Crippen LogP) is 3.16. The number of rotatable bonds is 1. The number of carbonyl (C=O) groups excluding carboxylic acids is 2. The first-order valence-electron chi connectivity index (χ1n) is 5.93. The fourth-order valence-corrected chi connectivity index (χ4v) is 2.25. The second kappa shape index (κ2) is 4.49. The summed E-state index contributed by atoms with van der Waals surface area (Å²) in [6.45, 7) is 0. The third-order valence-electron chi connectivity index (χ3n) is 3.18. The second-order valence-corrected chi connectivity index (χ2v) is 4.42. The number of allylic oxidation sites excluding steroid dienone is 1. The molecule has 3 rings (SSSR count). The molecule has 0 spiro atoms. The van der Waals surface area contributed by atoms with Gasteiger partial charge in [0.2, 0.25) is 11.6 Å². The molecule has 0 N–H and O–H groups in total. The van der Waals surface area contributed by atoms with E-state index in [1.54, 1.807) is 18.2 Å². The molecule has 20 heavy (non-hydrogen) atoms. The quantitative estimate of drug-likeness (QED) is 0.746. The molecule has 0 saturated heterocycles. The zero-order valence-electron chi connectivity index (χ0n) is 10.2. The zero-order valence-corrected chi connectivity index (χ0v) is 10.2. The molecule has 1 aliphatic rings. The van der Waals surface area contributed by atoms with Gasteiger partial charge in [0.1, 0.15) is 11.6 Å². The molecule has 4 heteroatoms. The topological polar surface area (TPSA) is 34.1 Å². The molecular formula is C16H8F2O2. The van der Waals surface area contributed by atoms with E-state index in [0.717, 1.165) is 24.3 Å². The van der Waals surface area contributed by atoms with Crippen molar-refractivity contribution < 1.29 is 18.4 Å². The number of carbonyl (C=O) groups is 2. The van der Waals surface area contributed by atoms with Crippen molar-refractivity contribution in [2.45, 2.75) is 0 Å². The van der Waals surface area contributed by atoms with Crippen LogP contribution in [-0.2, 0) is 4.79 Å². The van der Waals surface area contributed by atoms with E-state index < -0.39 is 23.2 Å². The minimum Gasteiger partial charge on any atom is -0.286 e. The summed E-state index contributed by atoms with van der Waals surface area (Å²) in [4.78, 5) is 23.5. The van der Waals surface area contributed by atoms with Gasteiger partial charge in [0.05, 0.1) is 0 Å². The lowest BCUT2D eigenvalue weighted by molar-refractivity contribution is -0.111. The average Bonchev–Trinajstić information content (AvgIpc) is 2.46. The molecule has 0 saturated carbocycles. The van der Waals surface area contributed by atoms with E-state index in [4.69, 9.17) is 0 Å². The highest BCUT2D eigenvalue weighted by Gasteiger charge is 2.27. The fourth-order valence-electron chi connectivity index (χ4n) is 2.25. The molecular weight excluding hydrogens is 262 g/mol. The van der Waals surface area contributed by atoms with E-state index in [-0.39, 0.29) is 16.7 Å². The van der Waals surface area contributed by atoms with Crippen molar-refractivity contribution in [2.75, 3.05) is 0 Å². The molecule has 0 aliphatic heterocycles. The predicted molar refractivity (Wildman–Crippen MR) is 69.2 cm³/mol. The van der Waals surface area contributed by atoms with Gasteiger partial charge >= 0.3 is 0 Å². The van der Waals surface area contributed by atoms with Crippen molar-refractivity contribution in [2.24, 2.45) is 0 Å². The highest BCUT2D eigenvalue weighted by Crippen LogP contribution is 2.32. The summed E-state index contributed by atoms with van der Waals surface area (Å²) in [7, 11) is 0. The van der Waals surface area contributed by atoms with Gasteiger partial charge in [-0.3, -0.25) is 9.59 Å². The van der Waals surface area contributed by atoms with Crippen molar-refractivity contribution in [3.63, 3.8) is 0 Å². The molecule has 98 valence electrons. The summed E-state index contributed by atoms with van der Waals surface area (Å²) in [6.07, 6.45) is 1.06. The Balaban J connectivity index is 2.28. The summed E-state index contributed by atoms with van der Waals surface area (Å²) in [5.41, 5.74) is 0.834. The largest absolute Gasteiger partial charge is 0.286 e. The van der Waals surface area contributed by atoms with Gasteiger partial charge in [-0.15, -0.1) is 0 Å². The minimum atomic E-state index is -0.734. The molecule has 0 atom stereocenters. The molecule has 0 amide bonds. The van der Waals surface area contributed by atoms with Crippen molar-refractivity contribution >= 4 is 17.1 Å². The van der Waals surface area contributed by atoms with Gasteiger partial charge in [0.15, 0.2) is 0 Å². The van der Waals surface area contributed by atoms with E-state index >= 15 is 0 Å². The van der Waals surface area contributed by atoms with Crippen molar-refractivity contribution in [3.05, 3.63) is 76.9 Å². The van der Waals surface area contributed by atoms with E-state index in [2.05, 4.69) is 0 Å². The average molecular weight is 270 g/mol. The van der Waals surface area contributed by atoms with Crippen LogP contribution in [0.15, 0.2) is 48.5 Å². The lowest BCUT2D eigenvalue weighted by Gasteiger charge is -2.16. The fraction of sp³-hybridized carbons (Fsp3) is 0. The van der Waals surface area contributed by atoms with Crippen LogP contribution in [0.3, 0.4) is 0 Å². The monoisotopic (exact) mass is 270 g/mol. The Hall–Kier alpha value is -2.62. The van der Waals surface area contributed by atoms with Gasteiger partial charge in [-0.25, -0.2) is 8.78 Å². The first kappa shape index (κ1) is 12.4. The van der Waals surface area contributed by atoms with E-state index in [0.29, 0.717) is 5.56 Å². The van der Waals surface area contributed by atoms with Gasteiger partial charge in [-0.1, -0.05) is 24.3 Å². The zero-order chi connectivity index (χ0) is 14.3. The van der Waals surface area contributed by atoms with Crippen molar-refractivity contribution in [3.8, 4) is 0 Å². The van der Waals surface area contributed by atoms with Crippen LogP contribution in [0, 0.1) is 11.6 Å². The maximum atomic E-state index is 13.9. The summed E-state index contributed by atoms with van der Waals surface area (Å²) in [5, 5.41) is 0. The van der Waals surface area contributed by atoms with E-state index in [9.17, 15) is 18.4 Å². The summed E-state index contributed by atoms with van der Waals surface area (Å²) < 4.78 is 27.2. The molecule has 0 fully saturated rings. The smallest absolute Gasteiger partial charge is 0.233 e. The number of benzene rings is 2. The number of hydrogen-bond donors (Lipinski definition) is 0. The van der Waals surface area contributed by atoms with Crippen LogP contribution < -0.4 is 0 Å². The first-order chi connectivity index (χ1) is 9.58. The van der Waals surface area contributed by atoms with Crippen LogP contribution in [0.5, 0.6) is 0 Å². The van der Waals surface area contributed by atoms with Crippen molar-refractivity contribution in [1.29, 1.82) is 0 Å². The Morgan fingerprint density at radius 1 is 0.800 bits per heavy atom. The van der Waals surface area contributed by atoms with Crippen molar-refractivity contribution in [1.82, 2.24) is 0 Å². The van der Waals surface area contributed by atoms with Gasteiger partial charge in [-0.05, 0) is 35.4 Å². The maximum absolute atomic E-state index is 13.9. The van der Waals surface area contributed by atoms with Crippen LogP contribution in [0.25, 0.3) is 5.57 Å². The molecule has 1 aliphatic carbocycles. The lowest BCUT2D eigenvalue weighted by atomic mass is 9.85. The maximum Gasteiger partial charge on any atom is 0.233 e. The highest BCUT2D eigenvalue weighted by molar-refractivity contribution is 6.51. The minimum absolute atomic E-state index is 0.0294. The molecule has 0 heterocycles. The van der Waals surface area contributed by atoms with Gasteiger partial charge in [-0.2, -0.15) is 0 Å². The summed E-state index contributed by atoms with van der Waals surface area (Å²) in [5.74, 6) is -2.62. The first-order valence-corrected chi connectivity index (χ1v) is 5.93. The van der Waals surface area contributed by atoms with Crippen LogP contribution in [0.2, 0.25) is 0 Å². The molecule has 0 aromatic heterocycles. The number of Topliss-reactive ketones (excluding diaryl/α,β-unsaturated/α-hetero) is 1. The Labute approximate surface area is 113 Å². The van der Waals surface area contributed by atoms with E-state index in [1.807, 2.05) is 0 Å². The normalized spacial score (nSPS) is 14.0. The summed E-state index contributed by atoms with van der Waals surface area (Å²) >= 11 is 0. The third-order valence-corrected chi connectivity index (χ3v) is 3.18. The molecule has 2 nitrogen and oxygen atoms in total. The van der Waals surface area contributed by atoms with Gasteiger partial charge < -0.3 is 0 Å². The lowest BCUT2D eigenvalue weighted by Crippen LogP contribution is -2.19. The SMILES string of the molecule is O=C1C=C(c2cc(F)ccc2F)c2ccccc2C1=O. The third kappa shape index (κ3) is 1.86. The number of ketones is 2.